The molecule has 8 heteroatoms. The van der Waals surface area contributed by atoms with E-state index < -0.39 is 0 Å². The topological polar surface area (TPSA) is 65.5 Å². The van der Waals surface area contributed by atoms with Crippen LogP contribution in [0.2, 0.25) is 0 Å². The normalized spacial score (nSPS) is 14.5. The summed E-state index contributed by atoms with van der Waals surface area (Å²) < 4.78 is 5.78. The molecular formula is C27H32N6OS. The molecule has 35 heavy (non-hydrogen) atoms. The number of fused-ring (bicyclic) bond motifs is 1. The van der Waals surface area contributed by atoms with E-state index in [1.54, 1.807) is 18.4 Å². The van der Waals surface area contributed by atoms with Crippen molar-refractivity contribution in [3.63, 3.8) is 0 Å². The molecule has 182 valence electrons. The molecule has 5 rings (SSSR count). The Balaban J connectivity index is 1.40. The van der Waals surface area contributed by atoms with Gasteiger partial charge in [0, 0.05) is 36.6 Å². The second-order valence-electron chi connectivity index (χ2n) is 9.18. The summed E-state index contributed by atoms with van der Waals surface area (Å²) in [6, 6.07) is 17.0. The van der Waals surface area contributed by atoms with E-state index >= 15 is 0 Å². The molecule has 1 aliphatic rings. The van der Waals surface area contributed by atoms with E-state index in [4.69, 9.17) is 14.7 Å². The number of para-hydroxylation sites is 1. The predicted octanol–water partition coefficient (Wildman–Crippen LogP) is 6.03. The number of hydrogen-bond donors (Lipinski definition) is 2. The third kappa shape index (κ3) is 5.04. The molecule has 1 aliphatic heterocycles. The van der Waals surface area contributed by atoms with Crippen molar-refractivity contribution in [1.82, 2.24) is 14.9 Å². The zero-order chi connectivity index (χ0) is 24.4. The molecule has 2 N–H and O–H groups in total. The Morgan fingerprint density at radius 1 is 1.00 bits per heavy atom. The number of ether oxygens (including phenoxy) is 1. The Morgan fingerprint density at radius 3 is 2.49 bits per heavy atom. The quantitative estimate of drug-likeness (QED) is 0.329. The number of benzene rings is 2. The van der Waals surface area contributed by atoms with Crippen molar-refractivity contribution in [2.75, 3.05) is 49.8 Å². The highest BCUT2D eigenvalue weighted by atomic mass is 32.1. The summed E-state index contributed by atoms with van der Waals surface area (Å²) in [6.45, 7) is 4.15. The zero-order valence-corrected chi connectivity index (χ0v) is 21.5. The van der Waals surface area contributed by atoms with Gasteiger partial charge in [0.1, 0.15) is 16.4 Å². The molecule has 1 saturated heterocycles. The van der Waals surface area contributed by atoms with Crippen LogP contribution < -0.4 is 20.3 Å². The SMILES string of the molecule is COc1cc(Nc2nc(Nc3ccccc3)c3c(C)csc3n2)ccc1N1CCC(N(C)C)CC1. The molecule has 0 amide bonds. The van der Waals surface area contributed by atoms with Gasteiger partial charge in [0.15, 0.2) is 0 Å². The molecule has 0 saturated carbocycles. The number of anilines is 5. The average molecular weight is 489 g/mol. The fraction of sp³-hybridized carbons (Fsp3) is 0.333. The van der Waals surface area contributed by atoms with Crippen molar-refractivity contribution in [3.05, 3.63) is 59.5 Å². The van der Waals surface area contributed by atoms with Gasteiger partial charge >= 0.3 is 0 Å². The molecule has 1 fully saturated rings. The number of rotatable bonds is 7. The summed E-state index contributed by atoms with van der Waals surface area (Å²) >= 11 is 1.63. The zero-order valence-electron chi connectivity index (χ0n) is 20.7. The van der Waals surface area contributed by atoms with Gasteiger partial charge in [0.05, 0.1) is 18.2 Å². The molecule has 3 heterocycles. The maximum atomic E-state index is 5.78. The molecule has 0 bridgehead atoms. The van der Waals surface area contributed by atoms with E-state index in [1.165, 1.54) is 5.56 Å². The fourth-order valence-corrected chi connectivity index (χ4v) is 5.58. The number of nitrogens with one attached hydrogen (secondary N) is 2. The second kappa shape index (κ2) is 10.1. The predicted molar refractivity (Wildman–Crippen MR) is 147 cm³/mol. The maximum absolute atomic E-state index is 5.78. The van der Waals surface area contributed by atoms with Gasteiger partial charge in [-0.1, -0.05) is 18.2 Å². The van der Waals surface area contributed by atoms with Crippen LogP contribution >= 0.6 is 11.3 Å². The number of hydrogen-bond acceptors (Lipinski definition) is 8. The summed E-state index contributed by atoms with van der Waals surface area (Å²) in [5.41, 5.74) is 4.19. The summed E-state index contributed by atoms with van der Waals surface area (Å²) in [6.07, 6.45) is 2.31. The number of methoxy groups -OCH3 is 1. The second-order valence-corrected chi connectivity index (χ2v) is 10.0. The van der Waals surface area contributed by atoms with Crippen molar-refractivity contribution < 1.29 is 4.74 Å². The molecule has 0 radical (unpaired) electrons. The lowest BCUT2D eigenvalue weighted by molar-refractivity contribution is 0.249. The minimum atomic E-state index is 0.555. The summed E-state index contributed by atoms with van der Waals surface area (Å²) in [4.78, 5) is 15.3. The first kappa shape index (κ1) is 23.4. The largest absolute Gasteiger partial charge is 0.495 e. The van der Waals surface area contributed by atoms with E-state index in [-0.39, 0.29) is 0 Å². The Hall–Kier alpha value is -3.36. The van der Waals surface area contributed by atoms with E-state index in [0.29, 0.717) is 12.0 Å². The molecule has 0 atom stereocenters. The Kier molecular flexibility index (Phi) is 6.74. The van der Waals surface area contributed by atoms with Crippen LogP contribution in [0.15, 0.2) is 53.9 Å². The van der Waals surface area contributed by atoms with Crippen molar-refractivity contribution in [2.24, 2.45) is 0 Å². The van der Waals surface area contributed by atoms with Gasteiger partial charge in [-0.3, -0.25) is 0 Å². The summed E-state index contributed by atoms with van der Waals surface area (Å²) in [7, 11) is 6.06. The van der Waals surface area contributed by atoms with Gasteiger partial charge in [-0.05, 0) is 69.1 Å². The lowest BCUT2D eigenvalue weighted by atomic mass is 10.0. The number of aryl methyl sites for hydroxylation is 1. The monoisotopic (exact) mass is 488 g/mol. The molecule has 2 aromatic carbocycles. The maximum Gasteiger partial charge on any atom is 0.230 e. The van der Waals surface area contributed by atoms with Gasteiger partial charge in [0.25, 0.3) is 0 Å². The molecule has 2 aromatic heterocycles. The highest BCUT2D eigenvalue weighted by molar-refractivity contribution is 7.17. The third-order valence-electron chi connectivity index (χ3n) is 6.63. The van der Waals surface area contributed by atoms with E-state index in [9.17, 15) is 0 Å². The highest BCUT2D eigenvalue weighted by Gasteiger charge is 2.23. The first-order chi connectivity index (χ1) is 17.0. The lowest BCUT2D eigenvalue weighted by Crippen LogP contribution is -2.42. The van der Waals surface area contributed by atoms with Crippen LogP contribution in [0.25, 0.3) is 10.2 Å². The Labute approximate surface area is 210 Å². The Morgan fingerprint density at radius 2 is 1.77 bits per heavy atom. The molecule has 0 aliphatic carbocycles. The van der Waals surface area contributed by atoms with Gasteiger partial charge in [-0.15, -0.1) is 11.3 Å². The molecule has 7 nitrogen and oxygen atoms in total. The van der Waals surface area contributed by atoms with Gasteiger partial charge < -0.3 is 25.2 Å². The van der Waals surface area contributed by atoms with E-state index in [0.717, 1.165) is 64.8 Å². The number of thiophene rings is 1. The molecule has 4 aromatic rings. The van der Waals surface area contributed by atoms with Crippen LogP contribution in [0.1, 0.15) is 18.4 Å². The third-order valence-corrected chi connectivity index (χ3v) is 7.62. The Bertz CT molecular complexity index is 1300. The number of piperidine rings is 1. The minimum absolute atomic E-state index is 0.555. The standard InChI is InChI=1S/C27H32N6OS/c1-18-17-35-26-24(18)25(28-19-8-6-5-7-9-19)30-27(31-26)29-20-10-11-22(23(16-20)34-4)33-14-12-21(13-15-33)32(2)3/h5-11,16-17,21H,12-15H2,1-4H3,(H2,28,29,30,31). The van der Waals surface area contributed by atoms with Crippen LogP contribution in [0.5, 0.6) is 5.75 Å². The number of aromatic nitrogens is 2. The lowest BCUT2D eigenvalue weighted by Gasteiger charge is -2.37. The smallest absolute Gasteiger partial charge is 0.230 e. The fourth-order valence-electron chi connectivity index (χ4n) is 4.66. The average Bonchev–Trinajstić information content (AvgIpc) is 3.25. The molecule has 0 unspecified atom stereocenters. The van der Waals surface area contributed by atoms with Gasteiger partial charge in [-0.25, -0.2) is 4.98 Å². The summed E-state index contributed by atoms with van der Waals surface area (Å²) in [5.74, 6) is 2.21. The number of nitrogens with zero attached hydrogens (tertiary/aromatic N) is 4. The molecule has 0 spiro atoms. The van der Waals surface area contributed by atoms with Crippen LogP contribution in [0.4, 0.5) is 28.8 Å². The van der Waals surface area contributed by atoms with Crippen molar-refractivity contribution >= 4 is 50.4 Å². The van der Waals surface area contributed by atoms with Gasteiger partial charge in [-0.2, -0.15) is 4.98 Å². The molecular weight excluding hydrogens is 456 g/mol. The first-order valence-electron chi connectivity index (χ1n) is 12.0. The van der Waals surface area contributed by atoms with Crippen LogP contribution in [0, 0.1) is 6.92 Å². The van der Waals surface area contributed by atoms with Gasteiger partial charge in [0.2, 0.25) is 5.95 Å². The van der Waals surface area contributed by atoms with E-state index in [2.05, 4.69) is 59.0 Å². The minimum Gasteiger partial charge on any atom is -0.495 e. The van der Waals surface area contributed by atoms with Crippen LogP contribution in [0.3, 0.4) is 0 Å². The van der Waals surface area contributed by atoms with Crippen molar-refractivity contribution in [1.29, 1.82) is 0 Å². The van der Waals surface area contributed by atoms with Crippen molar-refractivity contribution in [3.8, 4) is 5.75 Å². The first-order valence-corrected chi connectivity index (χ1v) is 12.8. The van der Waals surface area contributed by atoms with Crippen molar-refractivity contribution in [2.45, 2.75) is 25.8 Å². The van der Waals surface area contributed by atoms with Crippen LogP contribution in [-0.4, -0.2) is 55.2 Å². The highest BCUT2D eigenvalue weighted by Crippen LogP contribution is 2.36. The van der Waals surface area contributed by atoms with E-state index in [1.807, 2.05) is 36.4 Å². The van der Waals surface area contributed by atoms with Crippen LogP contribution in [-0.2, 0) is 0 Å². The summed E-state index contributed by atoms with van der Waals surface area (Å²) in [5, 5.41) is 10.0.